The third-order valence-corrected chi connectivity index (χ3v) is 5.21. The van der Waals surface area contributed by atoms with Gasteiger partial charge in [-0.1, -0.05) is 6.07 Å². The fourth-order valence-electron chi connectivity index (χ4n) is 2.04. The molecule has 0 atom stereocenters. The maximum absolute atomic E-state index is 12.6. The van der Waals surface area contributed by atoms with Crippen LogP contribution >= 0.6 is 0 Å². The Labute approximate surface area is 120 Å². The van der Waals surface area contributed by atoms with Gasteiger partial charge in [-0.2, -0.15) is 0 Å². The summed E-state index contributed by atoms with van der Waals surface area (Å²) in [6.45, 7) is 5.70. The van der Waals surface area contributed by atoms with Crippen LogP contribution in [0.5, 0.6) is 5.75 Å². The molecule has 2 rings (SSSR count). The van der Waals surface area contributed by atoms with Crippen LogP contribution in [0.3, 0.4) is 0 Å². The molecule has 3 nitrogen and oxygen atoms in total. The Kier molecular flexibility index (Phi) is 3.86. The van der Waals surface area contributed by atoms with Gasteiger partial charge in [0, 0.05) is 0 Å². The highest BCUT2D eigenvalue weighted by Gasteiger charge is 2.19. The predicted molar refractivity (Wildman–Crippen MR) is 79.1 cm³/mol. The van der Waals surface area contributed by atoms with E-state index >= 15 is 0 Å². The summed E-state index contributed by atoms with van der Waals surface area (Å²) in [5, 5.41) is 0. The number of rotatable bonds is 3. The minimum absolute atomic E-state index is 0.291. The minimum atomic E-state index is -3.48. The van der Waals surface area contributed by atoms with Crippen molar-refractivity contribution in [1.82, 2.24) is 0 Å². The van der Waals surface area contributed by atoms with Crippen LogP contribution in [0.2, 0.25) is 0 Å². The number of methoxy groups -OCH3 is 1. The quantitative estimate of drug-likeness (QED) is 0.869. The van der Waals surface area contributed by atoms with Crippen molar-refractivity contribution in [2.45, 2.75) is 30.6 Å². The molecule has 0 aliphatic heterocycles. The first-order chi connectivity index (χ1) is 9.36. The molecule has 2 aromatic carbocycles. The summed E-state index contributed by atoms with van der Waals surface area (Å²) < 4.78 is 30.4. The van der Waals surface area contributed by atoms with E-state index in [1.807, 2.05) is 26.8 Å². The standard InChI is InChI=1S/C16H18O3S/c1-11-5-6-14(9-12(11)2)20(17,18)15-7-8-16(19-4)13(3)10-15/h5-10H,1-4H3. The molecule has 4 heteroatoms. The highest BCUT2D eigenvalue weighted by atomic mass is 32.2. The van der Waals surface area contributed by atoms with Gasteiger partial charge in [-0.05, 0) is 67.8 Å². The summed E-state index contributed by atoms with van der Waals surface area (Å²) in [7, 11) is -1.91. The summed E-state index contributed by atoms with van der Waals surface area (Å²) in [5.41, 5.74) is 2.85. The average molecular weight is 290 g/mol. The normalized spacial score (nSPS) is 11.4. The van der Waals surface area contributed by atoms with Crippen LogP contribution in [0.1, 0.15) is 16.7 Å². The highest BCUT2D eigenvalue weighted by molar-refractivity contribution is 7.91. The fourth-order valence-corrected chi connectivity index (χ4v) is 3.47. The molecule has 20 heavy (non-hydrogen) atoms. The van der Waals surface area contributed by atoms with Crippen molar-refractivity contribution >= 4 is 9.84 Å². The summed E-state index contributed by atoms with van der Waals surface area (Å²) in [6.07, 6.45) is 0. The van der Waals surface area contributed by atoms with Gasteiger partial charge in [0.15, 0.2) is 0 Å². The molecule has 0 saturated heterocycles. The molecule has 0 radical (unpaired) electrons. The molecule has 0 amide bonds. The molecule has 0 saturated carbocycles. The maximum Gasteiger partial charge on any atom is 0.206 e. The molecule has 106 valence electrons. The van der Waals surface area contributed by atoms with Crippen molar-refractivity contribution < 1.29 is 13.2 Å². The summed E-state index contributed by atoms with van der Waals surface area (Å²) in [5.74, 6) is 0.684. The van der Waals surface area contributed by atoms with Gasteiger partial charge in [0.1, 0.15) is 5.75 Å². The smallest absolute Gasteiger partial charge is 0.206 e. The van der Waals surface area contributed by atoms with Gasteiger partial charge < -0.3 is 4.74 Å². The molecule has 0 spiro atoms. The second kappa shape index (κ2) is 5.29. The monoisotopic (exact) mass is 290 g/mol. The van der Waals surface area contributed by atoms with Crippen molar-refractivity contribution in [3.05, 3.63) is 53.1 Å². The van der Waals surface area contributed by atoms with Gasteiger partial charge in [-0.15, -0.1) is 0 Å². The van der Waals surface area contributed by atoms with Crippen molar-refractivity contribution in [2.24, 2.45) is 0 Å². The second-order valence-corrected chi connectivity index (χ2v) is 6.83. The third-order valence-electron chi connectivity index (χ3n) is 3.47. The number of benzene rings is 2. The number of hydrogen-bond acceptors (Lipinski definition) is 3. The minimum Gasteiger partial charge on any atom is -0.496 e. The van der Waals surface area contributed by atoms with Crippen LogP contribution in [0.25, 0.3) is 0 Å². The van der Waals surface area contributed by atoms with Crippen LogP contribution < -0.4 is 4.74 Å². The van der Waals surface area contributed by atoms with Crippen LogP contribution in [-0.4, -0.2) is 15.5 Å². The first kappa shape index (κ1) is 14.6. The molecule has 0 aliphatic rings. The molecular weight excluding hydrogens is 272 g/mol. The largest absolute Gasteiger partial charge is 0.496 e. The van der Waals surface area contributed by atoms with E-state index in [2.05, 4.69) is 0 Å². The Morgan fingerprint density at radius 3 is 1.85 bits per heavy atom. The lowest BCUT2D eigenvalue weighted by molar-refractivity contribution is 0.411. The predicted octanol–water partition coefficient (Wildman–Crippen LogP) is 3.45. The van der Waals surface area contributed by atoms with E-state index in [0.29, 0.717) is 15.5 Å². The van der Waals surface area contributed by atoms with Crippen molar-refractivity contribution in [3.63, 3.8) is 0 Å². The van der Waals surface area contributed by atoms with Crippen LogP contribution in [-0.2, 0) is 9.84 Å². The van der Waals surface area contributed by atoms with E-state index in [1.165, 1.54) is 0 Å². The molecular formula is C16H18O3S. The van der Waals surface area contributed by atoms with Gasteiger partial charge >= 0.3 is 0 Å². The van der Waals surface area contributed by atoms with E-state index in [4.69, 9.17) is 4.74 Å². The van der Waals surface area contributed by atoms with Crippen molar-refractivity contribution in [1.29, 1.82) is 0 Å². The van der Waals surface area contributed by atoms with E-state index in [-0.39, 0.29) is 0 Å². The van der Waals surface area contributed by atoms with E-state index in [9.17, 15) is 8.42 Å². The van der Waals surface area contributed by atoms with Crippen molar-refractivity contribution in [2.75, 3.05) is 7.11 Å². The van der Waals surface area contributed by atoms with E-state index < -0.39 is 9.84 Å². The van der Waals surface area contributed by atoms with Crippen LogP contribution in [0, 0.1) is 20.8 Å². The molecule has 0 aliphatic carbocycles. The van der Waals surface area contributed by atoms with Crippen LogP contribution in [0.15, 0.2) is 46.2 Å². The van der Waals surface area contributed by atoms with E-state index in [0.717, 1.165) is 16.7 Å². The lowest BCUT2D eigenvalue weighted by Crippen LogP contribution is -2.03. The van der Waals surface area contributed by atoms with Gasteiger partial charge in [0.2, 0.25) is 9.84 Å². The first-order valence-electron chi connectivity index (χ1n) is 6.33. The topological polar surface area (TPSA) is 43.4 Å². The third kappa shape index (κ3) is 2.56. The van der Waals surface area contributed by atoms with Gasteiger partial charge in [0.05, 0.1) is 16.9 Å². The van der Waals surface area contributed by atoms with Crippen LogP contribution in [0.4, 0.5) is 0 Å². The Morgan fingerprint density at radius 2 is 1.35 bits per heavy atom. The molecule has 2 aromatic rings. The SMILES string of the molecule is COc1ccc(S(=O)(=O)c2ccc(C)c(C)c2)cc1C. The lowest BCUT2D eigenvalue weighted by atomic mass is 10.1. The first-order valence-corrected chi connectivity index (χ1v) is 7.81. The summed E-state index contributed by atoms with van der Waals surface area (Å²) in [4.78, 5) is 0.615. The number of sulfone groups is 1. The highest BCUT2D eigenvalue weighted by Crippen LogP contribution is 2.27. The van der Waals surface area contributed by atoms with E-state index in [1.54, 1.807) is 37.4 Å². The Balaban J connectivity index is 2.54. The Hall–Kier alpha value is -1.81. The van der Waals surface area contributed by atoms with Crippen molar-refractivity contribution in [3.8, 4) is 5.75 Å². The summed E-state index contributed by atoms with van der Waals surface area (Å²) >= 11 is 0. The maximum atomic E-state index is 12.6. The van der Waals surface area contributed by atoms with Gasteiger partial charge in [-0.3, -0.25) is 0 Å². The molecule has 0 bridgehead atoms. The Morgan fingerprint density at radius 1 is 0.800 bits per heavy atom. The second-order valence-electron chi connectivity index (χ2n) is 4.88. The Bertz CT molecular complexity index is 746. The van der Waals surface area contributed by atoms with Gasteiger partial charge in [0.25, 0.3) is 0 Å². The zero-order valence-corrected chi connectivity index (χ0v) is 12.9. The molecule has 0 fully saturated rings. The number of aryl methyl sites for hydroxylation is 3. The zero-order chi connectivity index (χ0) is 14.9. The number of hydrogen-bond donors (Lipinski definition) is 0. The molecule has 0 heterocycles. The number of ether oxygens (including phenoxy) is 1. The average Bonchev–Trinajstić information content (AvgIpc) is 2.41. The molecule has 0 N–H and O–H groups in total. The fraction of sp³-hybridized carbons (Fsp3) is 0.250. The van der Waals surface area contributed by atoms with Gasteiger partial charge in [-0.25, -0.2) is 8.42 Å². The molecule has 0 unspecified atom stereocenters. The zero-order valence-electron chi connectivity index (χ0n) is 12.1. The lowest BCUT2D eigenvalue weighted by Gasteiger charge is -2.10. The summed E-state index contributed by atoms with van der Waals surface area (Å²) in [6, 6.07) is 10.1. The molecule has 0 aromatic heterocycles.